The third-order valence-electron chi connectivity index (χ3n) is 4.83. The molecule has 1 atom stereocenters. The van der Waals surface area contributed by atoms with E-state index < -0.39 is 15.8 Å². The number of hydroxylamine groups is 1. The van der Waals surface area contributed by atoms with Gasteiger partial charge in [-0.25, -0.2) is 13.4 Å². The molecule has 4 aromatic rings. The van der Waals surface area contributed by atoms with Crippen LogP contribution in [0.5, 0.6) is 17.2 Å². The first-order chi connectivity index (χ1) is 16.3. The molecular formula is C22H17FN6O4S. The fourth-order valence-corrected chi connectivity index (χ4v) is 3.84. The molecule has 0 saturated carbocycles. The average Bonchev–Trinajstić information content (AvgIpc) is 3.12. The van der Waals surface area contributed by atoms with Crippen molar-refractivity contribution in [2.24, 2.45) is 0 Å². The lowest BCUT2D eigenvalue weighted by Crippen LogP contribution is -2.47. The number of halogens is 1. The summed E-state index contributed by atoms with van der Waals surface area (Å²) in [7, 11) is -3.43. The summed E-state index contributed by atoms with van der Waals surface area (Å²) >= 11 is 0. The zero-order valence-corrected chi connectivity index (χ0v) is 18.5. The third kappa shape index (κ3) is 4.06. The zero-order chi connectivity index (χ0) is 23.8. The van der Waals surface area contributed by atoms with E-state index in [4.69, 9.17) is 9.57 Å². The van der Waals surface area contributed by atoms with Crippen LogP contribution in [0.2, 0.25) is 0 Å². The first-order valence-corrected chi connectivity index (χ1v) is 11.8. The van der Waals surface area contributed by atoms with Crippen LogP contribution in [-0.2, 0) is 15.8 Å². The molecule has 1 aromatic carbocycles. The van der Waals surface area contributed by atoms with Crippen molar-refractivity contribution in [3.63, 3.8) is 0 Å². The largest absolute Gasteiger partial charge is 0.456 e. The van der Waals surface area contributed by atoms with Gasteiger partial charge in [0.2, 0.25) is 0 Å². The van der Waals surface area contributed by atoms with E-state index in [1.54, 1.807) is 36.5 Å². The molecule has 0 spiro atoms. The Morgan fingerprint density at radius 3 is 2.44 bits per heavy atom. The quantitative estimate of drug-likeness (QED) is 0.411. The summed E-state index contributed by atoms with van der Waals surface area (Å²) < 4.78 is 45.4. The average molecular weight is 480 g/mol. The Bertz CT molecular complexity index is 1430. The number of hydrogen-bond acceptors (Lipinski definition) is 10. The topological polar surface area (TPSA) is 119 Å². The van der Waals surface area contributed by atoms with E-state index in [-0.39, 0.29) is 10.7 Å². The number of benzene rings is 1. The number of pyridine rings is 2. The molecule has 34 heavy (non-hydrogen) atoms. The standard InChI is InChI=1S/C22H17FN6O4S/c1-34(30,31)21-7-5-16(13-27-21)32-15-4-6-18-19(11-15)29(33-17-3-2-8-24-12-17)22(23,28-18)20-14-25-9-10-26-20/h2-14,28H,1H3. The van der Waals surface area contributed by atoms with Crippen LogP contribution < -0.4 is 20.0 Å². The van der Waals surface area contributed by atoms with Gasteiger partial charge in [-0.15, -0.1) is 5.06 Å². The molecule has 10 nitrogen and oxygen atoms in total. The Hall–Kier alpha value is -4.32. The van der Waals surface area contributed by atoms with Crippen LogP contribution in [0.1, 0.15) is 5.69 Å². The molecule has 0 radical (unpaired) electrons. The highest BCUT2D eigenvalue weighted by Gasteiger charge is 2.50. The molecule has 3 aromatic heterocycles. The van der Waals surface area contributed by atoms with E-state index in [0.717, 1.165) is 11.3 Å². The Morgan fingerprint density at radius 1 is 0.941 bits per heavy atom. The second kappa shape index (κ2) is 8.23. The van der Waals surface area contributed by atoms with Crippen molar-refractivity contribution in [1.29, 1.82) is 0 Å². The van der Waals surface area contributed by atoms with E-state index in [1.807, 2.05) is 0 Å². The zero-order valence-electron chi connectivity index (χ0n) is 17.7. The van der Waals surface area contributed by atoms with Crippen molar-refractivity contribution in [3.8, 4) is 17.2 Å². The maximum atomic E-state index is 16.4. The van der Waals surface area contributed by atoms with Crippen molar-refractivity contribution < 1.29 is 22.4 Å². The molecule has 12 heteroatoms. The van der Waals surface area contributed by atoms with Gasteiger partial charge in [-0.05, 0) is 36.4 Å². The molecule has 4 heterocycles. The second-order valence-electron chi connectivity index (χ2n) is 7.30. The molecule has 0 fully saturated rings. The number of anilines is 2. The van der Waals surface area contributed by atoms with Gasteiger partial charge in [0, 0.05) is 30.9 Å². The van der Waals surface area contributed by atoms with Crippen molar-refractivity contribution in [1.82, 2.24) is 19.9 Å². The summed E-state index contributed by atoms with van der Waals surface area (Å²) in [5.74, 6) is -1.42. The van der Waals surface area contributed by atoms with Gasteiger partial charge in [-0.3, -0.25) is 15.0 Å². The van der Waals surface area contributed by atoms with Crippen LogP contribution in [0.15, 0.2) is 84.7 Å². The summed E-state index contributed by atoms with van der Waals surface area (Å²) in [6, 6.07) is 10.9. The van der Waals surface area contributed by atoms with Crippen LogP contribution in [0, 0.1) is 0 Å². The smallest absolute Gasteiger partial charge is 0.334 e. The minimum Gasteiger partial charge on any atom is -0.456 e. The number of nitrogens with zero attached hydrogens (tertiary/aromatic N) is 5. The number of nitrogens with one attached hydrogen (secondary N) is 1. The van der Waals surface area contributed by atoms with Gasteiger partial charge in [-0.2, -0.15) is 4.39 Å². The normalized spacial score (nSPS) is 17.1. The highest BCUT2D eigenvalue weighted by molar-refractivity contribution is 7.90. The molecule has 0 aliphatic carbocycles. The van der Waals surface area contributed by atoms with E-state index in [2.05, 4.69) is 25.3 Å². The van der Waals surface area contributed by atoms with E-state index >= 15 is 4.39 Å². The maximum absolute atomic E-state index is 16.4. The van der Waals surface area contributed by atoms with Crippen molar-refractivity contribution in [3.05, 3.63) is 85.3 Å². The predicted octanol–water partition coefficient (Wildman–Crippen LogP) is 3.47. The lowest BCUT2D eigenvalue weighted by atomic mass is 10.2. The molecule has 172 valence electrons. The Balaban J connectivity index is 1.50. The lowest BCUT2D eigenvalue weighted by molar-refractivity contribution is 0.0821. The molecular weight excluding hydrogens is 463 g/mol. The van der Waals surface area contributed by atoms with Crippen molar-refractivity contribution in [2.45, 2.75) is 10.9 Å². The highest BCUT2D eigenvalue weighted by Crippen LogP contribution is 2.47. The van der Waals surface area contributed by atoms with Crippen LogP contribution in [0.3, 0.4) is 0 Å². The predicted molar refractivity (Wildman–Crippen MR) is 120 cm³/mol. The number of fused-ring (bicyclic) bond motifs is 1. The first kappa shape index (κ1) is 21.5. The SMILES string of the molecule is CS(=O)(=O)c1ccc(Oc2ccc3c(c2)N(Oc2cccnc2)C(F)(c2cnccn2)N3)cn1. The minimum absolute atomic E-state index is 0.0156. The Morgan fingerprint density at radius 2 is 1.76 bits per heavy atom. The Labute approximate surface area is 193 Å². The van der Waals surface area contributed by atoms with E-state index in [0.29, 0.717) is 28.6 Å². The number of aromatic nitrogens is 4. The number of alkyl halides is 1. The lowest BCUT2D eigenvalue weighted by Gasteiger charge is -2.30. The molecule has 1 unspecified atom stereocenters. The van der Waals surface area contributed by atoms with Crippen LogP contribution >= 0.6 is 0 Å². The summed E-state index contributed by atoms with van der Waals surface area (Å²) in [5, 5.41) is 3.75. The summed E-state index contributed by atoms with van der Waals surface area (Å²) in [5.41, 5.74) is 0.739. The molecule has 0 saturated heterocycles. The maximum Gasteiger partial charge on any atom is 0.334 e. The van der Waals surface area contributed by atoms with Gasteiger partial charge < -0.3 is 14.9 Å². The first-order valence-electron chi connectivity index (χ1n) is 9.93. The number of rotatable bonds is 6. The highest BCUT2D eigenvalue weighted by atomic mass is 32.2. The molecule has 0 bridgehead atoms. The van der Waals surface area contributed by atoms with Crippen LogP contribution in [0.4, 0.5) is 15.8 Å². The van der Waals surface area contributed by atoms with Gasteiger partial charge >= 0.3 is 5.92 Å². The number of hydrogen-bond donors (Lipinski definition) is 1. The number of sulfone groups is 1. The molecule has 1 aliphatic heterocycles. The third-order valence-corrected chi connectivity index (χ3v) is 5.83. The summed E-state index contributed by atoms with van der Waals surface area (Å²) in [6.45, 7) is 0. The molecule has 5 rings (SSSR count). The summed E-state index contributed by atoms with van der Waals surface area (Å²) in [4.78, 5) is 21.8. The fraction of sp³-hybridized carbons (Fsp3) is 0.0909. The minimum atomic E-state index is -3.43. The molecule has 0 amide bonds. The van der Waals surface area contributed by atoms with Crippen molar-refractivity contribution >= 4 is 21.2 Å². The van der Waals surface area contributed by atoms with Crippen molar-refractivity contribution in [2.75, 3.05) is 16.6 Å². The van der Waals surface area contributed by atoms with Gasteiger partial charge in [0.1, 0.15) is 22.9 Å². The van der Waals surface area contributed by atoms with E-state index in [1.165, 1.54) is 43.1 Å². The fourth-order valence-electron chi connectivity index (χ4n) is 3.28. The second-order valence-corrected chi connectivity index (χ2v) is 9.26. The van der Waals surface area contributed by atoms with Crippen LogP contribution in [0.25, 0.3) is 0 Å². The van der Waals surface area contributed by atoms with Gasteiger partial charge in [0.25, 0.3) is 0 Å². The summed E-state index contributed by atoms with van der Waals surface area (Å²) in [6.07, 6.45) is 9.51. The van der Waals surface area contributed by atoms with E-state index in [9.17, 15) is 8.42 Å². The van der Waals surface area contributed by atoms with Crippen LogP contribution in [-0.4, -0.2) is 34.6 Å². The Kier molecular flexibility index (Phi) is 5.21. The monoisotopic (exact) mass is 480 g/mol. The molecule has 1 aliphatic rings. The van der Waals surface area contributed by atoms with Gasteiger partial charge in [-0.1, -0.05) is 0 Å². The van der Waals surface area contributed by atoms with Gasteiger partial charge in [0.15, 0.2) is 20.6 Å². The molecule has 1 N–H and O–H groups in total. The number of ether oxygens (including phenoxy) is 1. The van der Waals surface area contributed by atoms with Gasteiger partial charge in [0.05, 0.1) is 24.3 Å².